The third-order valence-corrected chi connectivity index (χ3v) is 3.17. The van der Waals surface area contributed by atoms with Crippen LogP contribution in [0.4, 0.5) is 0 Å². The highest BCUT2D eigenvalue weighted by atomic mass is 79.9. The lowest BCUT2D eigenvalue weighted by Crippen LogP contribution is -1.93. The van der Waals surface area contributed by atoms with Gasteiger partial charge in [-0.15, -0.1) is 0 Å². The minimum atomic E-state index is 0.651. The van der Waals surface area contributed by atoms with E-state index in [1.807, 2.05) is 43.3 Å². The predicted molar refractivity (Wildman–Crippen MR) is 75.9 cm³/mol. The van der Waals surface area contributed by atoms with Crippen LogP contribution in [-0.2, 0) is 0 Å². The molecule has 0 aliphatic heterocycles. The Morgan fingerprint density at radius 2 is 1.61 bits per heavy atom. The second-order valence-corrected chi connectivity index (χ2v) is 4.86. The largest absolute Gasteiger partial charge is 0.494 e. The zero-order valence-electron chi connectivity index (χ0n) is 9.85. The topological polar surface area (TPSA) is 35.0 Å². The highest BCUT2D eigenvalue weighted by molar-refractivity contribution is 9.10. The number of ether oxygens (including phenoxy) is 1. The van der Waals surface area contributed by atoms with Crippen LogP contribution in [0.3, 0.4) is 0 Å². The summed E-state index contributed by atoms with van der Waals surface area (Å²) < 4.78 is 6.48. The molecule has 0 N–H and O–H groups in total. The van der Waals surface area contributed by atoms with E-state index in [1.165, 1.54) is 0 Å². The van der Waals surface area contributed by atoms with Gasteiger partial charge in [0.15, 0.2) is 0 Å². The third kappa shape index (κ3) is 2.04. The molecular formula is C14H11BrN2O. The molecule has 0 aliphatic carbocycles. The van der Waals surface area contributed by atoms with Crippen molar-refractivity contribution in [1.82, 2.24) is 9.97 Å². The maximum atomic E-state index is 5.47. The van der Waals surface area contributed by atoms with E-state index in [4.69, 9.17) is 4.74 Å². The van der Waals surface area contributed by atoms with Gasteiger partial charge in [-0.1, -0.05) is 15.9 Å². The fourth-order valence-electron chi connectivity index (χ4n) is 1.88. The molecule has 3 nitrogen and oxygen atoms in total. The minimum Gasteiger partial charge on any atom is -0.494 e. The van der Waals surface area contributed by atoms with Gasteiger partial charge in [-0.05, 0) is 37.3 Å². The molecule has 0 saturated carbocycles. The molecule has 0 unspecified atom stereocenters. The first kappa shape index (κ1) is 11.4. The van der Waals surface area contributed by atoms with Gasteiger partial charge in [0.25, 0.3) is 0 Å². The molecule has 2 aromatic carbocycles. The number of nitrogens with zero attached hydrogens (tertiary/aromatic N) is 2. The van der Waals surface area contributed by atoms with Crippen molar-refractivity contribution in [3.63, 3.8) is 0 Å². The van der Waals surface area contributed by atoms with Gasteiger partial charge in [-0.3, -0.25) is 0 Å². The van der Waals surface area contributed by atoms with Gasteiger partial charge in [0, 0.05) is 10.5 Å². The Kier molecular flexibility index (Phi) is 2.88. The van der Waals surface area contributed by atoms with Crippen molar-refractivity contribution in [2.24, 2.45) is 0 Å². The van der Waals surface area contributed by atoms with Crippen LogP contribution in [0.5, 0.6) is 5.75 Å². The summed E-state index contributed by atoms with van der Waals surface area (Å²) in [6, 6.07) is 11.7. The highest BCUT2D eigenvalue weighted by Gasteiger charge is 2.03. The van der Waals surface area contributed by atoms with Crippen molar-refractivity contribution in [3.05, 3.63) is 40.9 Å². The first-order valence-electron chi connectivity index (χ1n) is 5.76. The van der Waals surface area contributed by atoms with Gasteiger partial charge >= 0.3 is 0 Å². The molecule has 0 saturated heterocycles. The van der Waals surface area contributed by atoms with E-state index in [9.17, 15) is 0 Å². The summed E-state index contributed by atoms with van der Waals surface area (Å²) in [5.74, 6) is 0.827. The Morgan fingerprint density at radius 1 is 0.944 bits per heavy atom. The Balaban J connectivity index is 2.25. The number of hydrogen-bond acceptors (Lipinski definition) is 3. The van der Waals surface area contributed by atoms with Crippen molar-refractivity contribution in [1.29, 1.82) is 0 Å². The maximum Gasteiger partial charge on any atom is 0.121 e. The number of rotatable bonds is 2. The summed E-state index contributed by atoms with van der Waals surface area (Å²) in [6.07, 6.45) is 0. The number of aromatic nitrogens is 2. The average molecular weight is 303 g/mol. The average Bonchev–Trinajstić information content (AvgIpc) is 2.36. The van der Waals surface area contributed by atoms with Crippen molar-refractivity contribution >= 4 is 38.0 Å². The lowest BCUT2D eigenvalue weighted by molar-refractivity contribution is 0.340. The minimum absolute atomic E-state index is 0.651. The van der Waals surface area contributed by atoms with Gasteiger partial charge in [-0.2, -0.15) is 0 Å². The van der Waals surface area contributed by atoms with Crippen LogP contribution in [0.15, 0.2) is 40.9 Å². The second kappa shape index (κ2) is 4.53. The van der Waals surface area contributed by atoms with E-state index < -0.39 is 0 Å². The molecule has 0 aliphatic rings. The molecule has 0 spiro atoms. The van der Waals surface area contributed by atoms with Crippen LogP contribution in [0, 0.1) is 0 Å². The normalized spacial score (nSPS) is 11.0. The van der Waals surface area contributed by atoms with E-state index in [0.29, 0.717) is 6.61 Å². The Bertz CT molecular complexity index is 727. The molecule has 3 aromatic rings. The summed E-state index contributed by atoms with van der Waals surface area (Å²) in [7, 11) is 0. The van der Waals surface area contributed by atoms with E-state index in [2.05, 4.69) is 25.9 Å². The molecule has 0 fully saturated rings. The van der Waals surface area contributed by atoms with Crippen molar-refractivity contribution < 1.29 is 4.74 Å². The first-order chi connectivity index (χ1) is 8.76. The van der Waals surface area contributed by atoms with Crippen LogP contribution in [0.1, 0.15) is 6.92 Å². The SMILES string of the molecule is CCOc1ccc2nc3ccc(Br)cc3nc2c1. The molecule has 1 heterocycles. The van der Waals surface area contributed by atoms with Crippen LogP contribution < -0.4 is 4.74 Å². The zero-order chi connectivity index (χ0) is 12.5. The fraction of sp³-hybridized carbons (Fsp3) is 0.143. The summed E-state index contributed by atoms with van der Waals surface area (Å²) >= 11 is 3.44. The lowest BCUT2D eigenvalue weighted by Gasteiger charge is -2.05. The van der Waals surface area contributed by atoms with Crippen LogP contribution in [-0.4, -0.2) is 16.6 Å². The van der Waals surface area contributed by atoms with Crippen molar-refractivity contribution in [2.75, 3.05) is 6.61 Å². The van der Waals surface area contributed by atoms with E-state index in [1.54, 1.807) is 0 Å². The molecule has 0 radical (unpaired) electrons. The molecule has 3 rings (SSSR count). The first-order valence-corrected chi connectivity index (χ1v) is 6.55. The van der Waals surface area contributed by atoms with Gasteiger partial charge in [-0.25, -0.2) is 9.97 Å². The van der Waals surface area contributed by atoms with Crippen molar-refractivity contribution in [2.45, 2.75) is 6.92 Å². The van der Waals surface area contributed by atoms with E-state index in [-0.39, 0.29) is 0 Å². The molecule has 0 amide bonds. The van der Waals surface area contributed by atoms with E-state index in [0.717, 1.165) is 32.3 Å². The maximum absolute atomic E-state index is 5.47. The lowest BCUT2D eigenvalue weighted by atomic mass is 10.2. The Morgan fingerprint density at radius 3 is 2.39 bits per heavy atom. The monoisotopic (exact) mass is 302 g/mol. The standard InChI is InChI=1S/C14H11BrN2O/c1-2-18-10-4-6-12-14(8-10)17-13-7-9(15)3-5-11(13)16-12/h3-8H,2H2,1H3. The van der Waals surface area contributed by atoms with Gasteiger partial charge < -0.3 is 4.74 Å². The van der Waals surface area contributed by atoms with Crippen LogP contribution in [0.25, 0.3) is 22.1 Å². The third-order valence-electron chi connectivity index (χ3n) is 2.68. The Labute approximate surface area is 113 Å². The summed E-state index contributed by atoms with van der Waals surface area (Å²) in [6.45, 7) is 2.62. The zero-order valence-corrected chi connectivity index (χ0v) is 11.4. The van der Waals surface area contributed by atoms with E-state index >= 15 is 0 Å². The Hall–Kier alpha value is -1.68. The van der Waals surface area contributed by atoms with Gasteiger partial charge in [0.05, 0.1) is 28.7 Å². The second-order valence-electron chi connectivity index (χ2n) is 3.94. The molecule has 1 aromatic heterocycles. The molecule has 18 heavy (non-hydrogen) atoms. The van der Waals surface area contributed by atoms with Gasteiger partial charge in [0.1, 0.15) is 5.75 Å². The molecular weight excluding hydrogens is 292 g/mol. The molecule has 0 atom stereocenters. The summed E-state index contributed by atoms with van der Waals surface area (Å²) in [4.78, 5) is 9.19. The number of hydrogen-bond donors (Lipinski definition) is 0. The van der Waals surface area contributed by atoms with Crippen LogP contribution in [0.2, 0.25) is 0 Å². The smallest absolute Gasteiger partial charge is 0.121 e. The number of halogens is 1. The summed E-state index contributed by atoms with van der Waals surface area (Å²) in [5.41, 5.74) is 3.51. The molecule has 0 bridgehead atoms. The quantitative estimate of drug-likeness (QED) is 0.673. The highest BCUT2D eigenvalue weighted by Crippen LogP contribution is 2.22. The van der Waals surface area contributed by atoms with Crippen LogP contribution >= 0.6 is 15.9 Å². The van der Waals surface area contributed by atoms with Gasteiger partial charge in [0.2, 0.25) is 0 Å². The summed E-state index contributed by atoms with van der Waals surface area (Å²) in [5, 5.41) is 0. The predicted octanol–water partition coefficient (Wildman–Crippen LogP) is 3.94. The number of benzene rings is 2. The fourth-order valence-corrected chi connectivity index (χ4v) is 2.23. The molecule has 4 heteroatoms. The molecule has 90 valence electrons. The van der Waals surface area contributed by atoms with Crippen molar-refractivity contribution in [3.8, 4) is 5.75 Å². The number of fused-ring (bicyclic) bond motifs is 2.